The molecule has 0 saturated carbocycles. The van der Waals surface area contributed by atoms with Crippen molar-refractivity contribution in [3.8, 4) is 0 Å². The van der Waals surface area contributed by atoms with Crippen LogP contribution in [0.2, 0.25) is 5.02 Å². The fourth-order valence-electron chi connectivity index (χ4n) is 1.34. The van der Waals surface area contributed by atoms with Crippen LogP contribution in [0.25, 0.3) is 11.0 Å². The van der Waals surface area contributed by atoms with Crippen molar-refractivity contribution in [1.29, 1.82) is 0 Å². The van der Waals surface area contributed by atoms with Gasteiger partial charge in [-0.15, -0.1) is 0 Å². The molecule has 1 aromatic carbocycles. The molecule has 68 valence electrons. The largest absolute Gasteiger partial charge is 0.396 e. The highest BCUT2D eigenvalue weighted by atomic mass is 35.5. The Balaban J connectivity index is 2.82. The maximum absolute atomic E-state index is 5.86. The normalized spacial score (nSPS) is 10.9. The minimum absolute atomic E-state index is 0.537. The van der Waals surface area contributed by atoms with Gasteiger partial charge in [0, 0.05) is 10.4 Å². The number of hydrogen-bond acceptors (Lipinski definition) is 3. The van der Waals surface area contributed by atoms with E-state index in [0.29, 0.717) is 16.3 Å². The first kappa shape index (κ1) is 8.38. The van der Waals surface area contributed by atoms with E-state index in [1.807, 2.05) is 13.0 Å². The number of anilines is 1. The van der Waals surface area contributed by atoms with Gasteiger partial charge in [0.05, 0.1) is 11.4 Å². The summed E-state index contributed by atoms with van der Waals surface area (Å²) in [6.07, 6.45) is 0.812. The molecule has 0 aliphatic carbocycles. The van der Waals surface area contributed by atoms with Gasteiger partial charge in [0.2, 0.25) is 0 Å². The van der Waals surface area contributed by atoms with Gasteiger partial charge in [-0.2, -0.15) is 0 Å². The Hall–Kier alpha value is -1.22. The maximum Gasteiger partial charge on any atom is 0.190 e. The van der Waals surface area contributed by atoms with Crippen molar-refractivity contribution < 1.29 is 4.52 Å². The van der Waals surface area contributed by atoms with Crippen LogP contribution in [-0.4, -0.2) is 5.16 Å². The quantitative estimate of drug-likeness (QED) is 0.714. The van der Waals surface area contributed by atoms with E-state index in [0.717, 1.165) is 17.5 Å². The van der Waals surface area contributed by atoms with Gasteiger partial charge >= 0.3 is 0 Å². The number of fused-ring (bicyclic) bond motifs is 1. The molecule has 0 aliphatic rings. The maximum atomic E-state index is 5.86. The molecule has 0 aliphatic heterocycles. The van der Waals surface area contributed by atoms with Crippen molar-refractivity contribution in [1.82, 2.24) is 5.16 Å². The predicted octanol–water partition coefficient (Wildman–Crippen LogP) is 2.63. The Morgan fingerprint density at radius 3 is 3.00 bits per heavy atom. The van der Waals surface area contributed by atoms with Gasteiger partial charge < -0.3 is 10.3 Å². The summed E-state index contributed by atoms with van der Waals surface area (Å²) in [5.74, 6) is 0. The minimum atomic E-state index is 0.537. The summed E-state index contributed by atoms with van der Waals surface area (Å²) in [6, 6.07) is 3.48. The third kappa shape index (κ3) is 1.25. The van der Waals surface area contributed by atoms with Gasteiger partial charge in [-0.3, -0.25) is 0 Å². The fraction of sp³-hybridized carbons (Fsp3) is 0.222. The molecule has 1 heterocycles. The average molecular weight is 197 g/mol. The van der Waals surface area contributed by atoms with Crippen LogP contribution in [0.3, 0.4) is 0 Å². The highest BCUT2D eigenvalue weighted by Gasteiger charge is 2.09. The first-order chi connectivity index (χ1) is 6.22. The number of nitrogens with zero attached hydrogens (tertiary/aromatic N) is 1. The molecule has 0 fully saturated rings. The van der Waals surface area contributed by atoms with Crippen LogP contribution in [-0.2, 0) is 6.42 Å². The zero-order chi connectivity index (χ0) is 9.42. The zero-order valence-electron chi connectivity index (χ0n) is 7.17. The Kier molecular flexibility index (Phi) is 1.88. The molecule has 0 bridgehead atoms. The van der Waals surface area contributed by atoms with Gasteiger partial charge in [0.1, 0.15) is 0 Å². The summed E-state index contributed by atoms with van der Waals surface area (Å²) < 4.78 is 5.09. The van der Waals surface area contributed by atoms with E-state index in [2.05, 4.69) is 5.16 Å². The van der Waals surface area contributed by atoms with Gasteiger partial charge in [0.25, 0.3) is 0 Å². The third-order valence-electron chi connectivity index (χ3n) is 1.98. The first-order valence-electron chi connectivity index (χ1n) is 4.05. The van der Waals surface area contributed by atoms with Crippen LogP contribution < -0.4 is 5.73 Å². The number of benzene rings is 1. The van der Waals surface area contributed by atoms with Crippen LogP contribution in [0.15, 0.2) is 16.7 Å². The first-order valence-corrected chi connectivity index (χ1v) is 4.43. The smallest absolute Gasteiger partial charge is 0.190 e. The zero-order valence-corrected chi connectivity index (χ0v) is 7.93. The molecule has 0 amide bonds. The van der Waals surface area contributed by atoms with Crippen LogP contribution in [0.4, 0.5) is 5.69 Å². The highest BCUT2D eigenvalue weighted by Crippen LogP contribution is 2.28. The molecule has 2 aromatic rings. The molecular weight excluding hydrogens is 188 g/mol. The summed E-state index contributed by atoms with van der Waals surface area (Å²) in [5, 5.41) is 5.43. The second kappa shape index (κ2) is 2.92. The van der Waals surface area contributed by atoms with E-state index in [1.54, 1.807) is 6.07 Å². The molecule has 2 rings (SSSR count). The monoisotopic (exact) mass is 196 g/mol. The molecule has 0 spiro atoms. The third-order valence-corrected chi connectivity index (χ3v) is 2.19. The standard InChI is InChI=1S/C9H9ClN2O/c1-2-8-6-3-5(10)4-7(11)9(6)13-12-8/h3-4H,2,11H2,1H3. The lowest BCUT2D eigenvalue weighted by Crippen LogP contribution is -1.85. The van der Waals surface area contributed by atoms with Gasteiger partial charge in [-0.05, 0) is 18.6 Å². The fourth-order valence-corrected chi connectivity index (χ4v) is 1.56. The lowest BCUT2D eigenvalue weighted by atomic mass is 10.1. The van der Waals surface area contributed by atoms with Gasteiger partial charge in [-0.1, -0.05) is 23.7 Å². The molecule has 13 heavy (non-hydrogen) atoms. The number of hydrogen-bond donors (Lipinski definition) is 1. The topological polar surface area (TPSA) is 52.0 Å². The summed E-state index contributed by atoms with van der Waals surface area (Å²) >= 11 is 5.86. The Morgan fingerprint density at radius 2 is 2.31 bits per heavy atom. The number of aromatic nitrogens is 1. The SMILES string of the molecule is CCc1noc2c(N)cc(Cl)cc12. The van der Waals surface area contributed by atoms with Crippen molar-refractivity contribution >= 4 is 28.3 Å². The molecule has 0 unspecified atom stereocenters. The molecule has 0 radical (unpaired) electrons. The van der Waals surface area contributed by atoms with Crippen LogP contribution in [0.1, 0.15) is 12.6 Å². The van der Waals surface area contributed by atoms with Crippen LogP contribution in [0.5, 0.6) is 0 Å². The molecule has 2 N–H and O–H groups in total. The summed E-state index contributed by atoms with van der Waals surface area (Å²) in [6.45, 7) is 2.01. The van der Waals surface area contributed by atoms with E-state index in [4.69, 9.17) is 21.9 Å². The lowest BCUT2D eigenvalue weighted by molar-refractivity contribution is 0.448. The molecular formula is C9H9ClN2O. The van der Waals surface area contributed by atoms with Crippen molar-refractivity contribution in [2.45, 2.75) is 13.3 Å². The molecule has 0 saturated heterocycles. The number of nitrogens with two attached hydrogens (primary N) is 1. The van der Waals surface area contributed by atoms with Crippen molar-refractivity contribution in [2.24, 2.45) is 0 Å². The second-order valence-corrected chi connectivity index (χ2v) is 3.29. The van der Waals surface area contributed by atoms with Crippen LogP contribution >= 0.6 is 11.6 Å². The van der Waals surface area contributed by atoms with E-state index in [9.17, 15) is 0 Å². The number of halogens is 1. The number of rotatable bonds is 1. The number of nitrogen functional groups attached to an aromatic ring is 1. The van der Waals surface area contributed by atoms with E-state index in [-0.39, 0.29) is 0 Å². The Labute approximate surface area is 80.5 Å². The minimum Gasteiger partial charge on any atom is -0.396 e. The van der Waals surface area contributed by atoms with Crippen molar-refractivity contribution in [2.75, 3.05) is 5.73 Å². The predicted molar refractivity (Wildman–Crippen MR) is 52.8 cm³/mol. The Bertz CT molecular complexity index is 450. The van der Waals surface area contributed by atoms with E-state index >= 15 is 0 Å². The van der Waals surface area contributed by atoms with E-state index < -0.39 is 0 Å². The van der Waals surface area contributed by atoms with Crippen molar-refractivity contribution in [3.05, 3.63) is 22.8 Å². The van der Waals surface area contributed by atoms with Crippen molar-refractivity contribution in [3.63, 3.8) is 0 Å². The lowest BCUT2D eigenvalue weighted by Gasteiger charge is -1.95. The van der Waals surface area contributed by atoms with Gasteiger partial charge in [-0.25, -0.2) is 0 Å². The van der Waals surface area contributed by atoms with Crippen LogP contribution in [0, 0.1) is 0 Å². The summed E-state index contributed by atoms with van der Waals surface area (Å²) in [5.41, 5.74) is 7.76. The Morgan fingerprint density at radius 1 is 1.54 bits per heavy atom. The molecule has 0 atom stereocenters. The molecule has 3 nitrogen and oxygen atoms in total. The molecule has 1 aromatic heterocycles. The van der Waals surface area contributed by atoms with Gasteiger partial charge in [0.15, 0.2) is 5.58 Å². The highest BCUT2D eigenvalue weighted by molar-refractivity contribution is 6.31. The second-order valence-electron chi connectivity index (χ2n) is 2.85. The number of aryl methyl sites for hydroxylation is 1. The summed E-state index contributed by atoms with van der Waals surface area (Å²) in [7, 11) is 0. The molecule has 4 heteroatoms. The summed E-state index contributed by atoms with van der Waals surface area (Å²) in [4.78, 5) is 0. The average Bonchev–Trinajstić information content (AvgIpc) is 2.47. The van der Waals surface area contributed by atoms with E-state index in [1.165, 1.54) is 0 Å².